The van der Waals surface area contributed by atoms with E-state index in [2.05, 4.69) is 10.4 Å². The van der Waals surface area contributed by atoms with Crippen LogP contribution < -0.4 is 5.32 Å². The summed E-state index contributed by atoms with van der Waals surface area (Å²) in [6.45, 7) is 10.5. The van der Waals surface area contributed by atoms with Gasteiger partial charge >= 0.3 is 6.09 Å². The number of hydrogen-bond acceptors (Lipinski definition) is 4. The average Bonchev–Trinajstić information content (AvgIpc) is 3.23. The zero-order chi connectivity index (χ0) is 27.2. The van der Waals surface area contributed by atoms with E-state index in [4.69, 9.17) is 7.48 Å². The summed E-state index contributed by atoms with van der Waals surface area (Å²) in [5.74, 6) is -1.45. The number of ether oxygens (including phenoxy) is 1. The van der Waals surface area contributed by atoms with E-state index in [0.29, 0.717) is 36.0 Å². The predicted octanol–water partition coefficient (Wildman–Crippen LogP) is 5.67. The molecular weight excluding hydrogens is 440 g/mol. The summed E-state index contributed by atoms with van der Waals surface area (Å²) >= 11 is 0. The van der Waals surface area contributed by atoms with Crippen LogP contribution in [-0.2, 0) is 4.74 Å². The Morgan fingerprint density at radius 2 is 1.83 bits per heavy atom. The van der Waals surface area contributed by atoms with Crippen molar-refractivity contribution in [3.63, 3.8) is 0 Å². The highest BCUT2D eigenvalue weighted by molar-refractivity contribution is 6.05. The van der Waals surface area contributed by atoms with Gasteiger partial charge in [-0.3, -0.25) is 4.79 Å². The van der Waals surface area contributed by atoms with Crippen LogP contribution in [0.3, 0.4) is 0 Å². The molecular formula is C28H36N4O3. The first-order valence-electron chi connectivity index (χ1n) is 13.1. The lowest BCUT2D eigenvalue weighted by Gasteiger charge is -2.34. The van der Waals surface area contributed by atoms with Crippen LogP contribution in [-0.4, -0.2) is 50.9 Å². The molecule has 2 heterocycles. The highest BCUT2D eigenvalue weighted by Crippen LogP contribution is 2.29. The number of fused-ring (bicyclic) bond motifs is 1. The number of carbonyl (C=O) groups is 2. The molecule has 35 heavy (non-hydrogen) atoms. The second kappa shape index (κ2) is 9.36. The number of piperidine rings is 1. The maximum atomic E-state index is 12.8. The minimum absolute atomic E-state index is 0.178. The molecule has 7 nitrogen and oxygen atoms in total. The van der Waals surface area contributed by atoms with Crippen molar-refractivity contribution in [1.82, 2.24) is 20.0 Å². The summed E-state index contributed by atoms with van der Waals surface area (Å²) < 4.78 is 25.1. The van der Waals surface area contributed by atoms with Crippen molar-refractivity contribution in [3.8, 4) is 5.69 Å². The Bertz CT molecular complexity index is 1310. The summed E-state index contributed by atoms with van der Waals surface area (Å²) in [6.07, 6.45) is 2.39. The van der Waals surface area contributed by atoms with Crippen LogP contribution >= 0.6 is 0 Å². The zero-order valence-electron chi connectivity index (χ0n) is 23.4. The van der Waals surface area contributed by atoms with Crippen molar-refractivity contribution in [3.05, 3.63) is 59.8 Å². The number of amides is 2. The minimum atomic E-state index is -1.28. The third kappa shape index (κ3) is 6.02. The molecule has 0 bridgehead atoms. The molecule has 1 fully saturated rings. The largest absolute Gasteiger partial charge is 0.444 e. The molecule has 3 aromatic rings. The van der Waals surface area contributed by atoms with Crippen LogP contribution in [0.2, 0.25) is 0 Å². The van der Waals surface area contributed by atoms with Gasteiger partial charge in [-0.2, -0.15) is 5.10 Å². The average molecular weight is 479 g/mol. The normalized spacial score (nSPS) is 21.9. The van der Waals surface area contributed by atoms with Gasteiger partial charge < -0.3 is 15.0 Å². The fourth-order valence-electron chi connectivity index (χ4n) is 4.04. The van der Waals surface area contributed by atoms with E-state index >= 15 is 0 Å². The van der Waals surface area contributed by atoms with Gasteiger partial charge in [0.25, 0.3) is 5.91 Å². The molecule has 1 aliphatic rings. The predicted molar refractivity (Wildman–Crippen MR) is 138 cm³/mol. The molecule has 2 atom stereocenters. The molecule has 2 aromatic carbocycles. The van der Waals surface area contributed by atoms with Crippen molar-refractivity contribution in [2.75, 3.05) is 13.1 Å². The standard InChI is InChI=1S/C28H36N4O3/c1-27(2,3)29-25(33)23-11-7-9-21-18-32(30-24(21)23)22-14-12-19(13-15-22)20-10-8-16-31(17-20)26(34)35-28(4,5)6/h7,9,11-15,18,20H,8,10,16-17H2,1-6H3,(H,29,33)/i17D,20D. The van der Waals surface area contributed by atoms with Gasteiger partial charge in [0.1, 0.15) is 11.1 Å². The Labute approximate surface area is 210 Å². The third-order valence-corrected chi connectivity index (χ3v) is 5.56. The molecule has 4 rings (SSSR count). The quantitative estimate of drug-likeness (QED) is 0.526. The van der Waals surface area contributed by atoms with Gasteiger partial charge in [0.15, 0.2) is 0 Å². The van der Waals surface area contributed by atoms with Gasteiger partial charge in [-0.25, -0.2) is 9.48 Å². The number of hydrogen-bond donors (Lipinski definition) is 1. The van der Waals surface area contributed by atoms with E-state index < -0.39 is 24.1 Å². The molecule has 186 valence electrons. The van der Waals surface area contributed by atoms with Crippen LogP contribution in [0.5, 0.6) is 0 Å². The fraction of sp³-hybridized carbons (Fsp3) is 0.464. The van der Waals surface area contributed by atoms with E-state index in [9.17, 15) is 9.59 Å². The van der Waals surface area contributed by atoms with E-state index in [1.807, 2.05) is 63.4 Å². The van der Waals surface area contributed by atoms with Crippen LogP contribution in [0, 0.1) is 0 Å². The number of likely N-dealkylation sites (tertiary alicyclic amines) is 1. The van der Waals surface area contributed by atoms with Gasteiger partial charge in [-0.1, -0.05) is 24.3 Å². The zero-order valence-corrected chi connectivity index (χ0v) is 21.4. The summed E-state index contributed by atoms with van der Waals surface area (Å²) in [5.41, 5.74) is 1.52. The topological polar surface area (TPSA) is 76.5 Å². The first-order chi connectivity index (χ1) is 17.2. The van der Waals surface area contributed by atoms with Gasteiger partial charge in [0, 0.05) is 37.5 Å². The molecule has 2 amide bonds. The lowest BCUT2D eigenvalue weighted by Crippen LogP contribution is -2.42. The smallest absolute Gasteiger partial charge is 0.410 e. The van der Waals surface area contributed by atoms with E-state index in [-0.39, 0.29) is 11.4 Å². The molecule has 1 N–H and O–H groups in total. The number of nitrogens with zero attached hydrogens (tertiary/aromatic N) is 3. The lowest BCUT2D eigenvalue weighted by atomic mass is 9.91. The van der Waals surface area contributed by atoms with Crippen molar-refractivity contribution < 1.29 is 17.1 Å². The molecule has 1 saturated heterocycles. The van der Waals surface area contributed by atoms with Crippen LogP contribution in [0.1, 0.15) is 78.9 Å². The molecule has 1 aliphatic heterocycles. The fourth-order valence-corrected chi connectivity index (χ4v) is 4.04. The molecule has 1 aromatic heterocycles. The summed E-state index contributed by atoms with van der Waals surface area (Å²) in [4.78, 5) is 26.8. The Hall–Kier alpha value is -3.35. The maximum Gasteiger partial charge on any atom is 0.410 e. The SMILES string of the molecule is [2H]C1N(C(=O)OC(C)(C)C)CCCC1([2H])c1ccc(-n2cc3cccc(C(=O)NC(C)(C)C)c3n2)cc1. The Kier molecular flexibility index (Phi) is 5.92. The van der Waals surface area contributed by atoms with Gasteiger partial charge in [-0.05, 0) is 78.1 Å². The third-order valence-electron chi connectivity index (χ3n) is 5.56. The lowest BCUT2D eigenvalue weighted by molar-refractivity contribution is 0.0198. The first-order valence-corrected chi connectivity index (χ1v) is 12.0. The van der Waals surface area contributed by atoms with Crippen LogP contribution in [0.25, 0.3) is 16.6 Å². The minimum Gasteiger partial charge on any atom is -0.444 e. The number of carbonyl (C=O) groups excluding carboxylic acids is 2. The second-order valence-corrected chi connectivity index (χ2v) is 11.0. The van der Waals surface area contributed by atoms with Crippen LogP contribution in [0.4, 0.5) is 4.79 Å². The van der Waals surface area contributed by atoms with Crippen LogP contribution in [0.15, 0.2) is 48.7 Å². The highest BCUT2D eigenvalue weighted by Gasteiger charge is 2.28. The molecule has 0 saturated carbocycles. The molecule has 0 radical (unpaired) electrons. The molecule has 2 unspecified atom stereocenters. The van der Waals surface area contributed by atoms with Gasteiger partial charge in [0.05, 0.1) is 12.6 Å². The summed E-state index contributed by atoms with van der Waals surface area (Å²) in [6, 6.07) is 12.9. The van der Waals surface area contributed by atoms with Crippen molar-refractivity contribution in [2.45, 2.75) is 71.4 Å². The molecule has 0 aliphatic carbocycles. The van der Waals surface area contributed by atoms with Gasteiger partial charge in [0.2, 0.25) is 0 Å². The Balaban J connectivity index is 1.60. The van der Waals surface area contributed by atoms with E-state index in [1.165, 1.54) is 4.90 Å². The Morgan fingerprint density at radius 3 is 2.49 bits per heavy atom. The van der Waals surface area contributed by atoms with Gasteiger partial charge in [-0.15, -0.1) is 0 Å². The van der Waals surface area contributed by atoms with Crippen molar-refractivity contribution in [2.24, 2.45) is 0 Å². The van der Waals surface area contributed by atoms with Crippen molar-refractivity contribution in [1.29, 1.82) is 0 Å². The highest BCUT2D eigenvalue weighted by atomic mass is 16.6. The van der Waals surface area contributed by atoms with Crippen molar-refractivity contribution >= 4 is 22.9 Å². The summed E-state index contributed by atoms with van der Waals surface area (Å²) in [7, 11) is 0. The first kappa shape index (κ1) is 22.1. The second-order valence-electron chi connectivity index (χ2n) is 11.0. The molecule has 0 spiro atoms. The number of nitrogens with one attached hydrogen (secondary N) is 1. The number of rotatable bonds is 3. The van der Waals surface area contributed by atoms with E-state index in [1.54, 1.807) is 31.5 Å². The monoisotopic (exact) mass is 478 g/mol. The summed E-state index contributed by atoms with van der Waals surface area (Å²) in [5, 5.41) is 8.51. The molecule has 7 heteroatoms. The number of aromatic nitrogens is 2. The number of benzene rings is 2. The van der Waals surface area contributed by atoms with E-state index in [0.717, 1.165) is 11.1 Å². The maximum absolute atomic E-state index is 12.8. The Morgan fingerprint density at radius 1 is 1.11 bits per heavy atom.